The molecule has 0 saturated carbocycles. The van der Waals surface area contributed by atoms with E-state index in [1.54, 1.807) is 0 Å². The first kappa shape index (κ1) is 13.0. The molecule has 94 valence electrons. The first-order valence-electron chi connectivity index (χ1n) is 5.67. The lowest BCUT2D eigenvalue weighted by Gasteiger charge is -2.20. The number of halogens is 2. The Kier molecular flexibility index (Phi) is 3.83. The summed E-state index contributed by atoms with van der Waals surface area (Å²) in [4.78, 5) is 5.83. The minimum Gasteiger partial charge on any atom is -0.396 e. The van der Waals surface area contributed by atoms with Crippen LogP contribution in [0.3, 0.4) is 0 Å². The highest BCUT2D eigenvalue weighted by molar-refractivity contribution is 6.38. The number of benzene rings is 1. The molecule has 1 atom stereocenters. The van der Waals surface area contributed by atoms with Crippen LogP contribution in [-0.4, -0.2) is 17.6 Å². The van der Waals surface area contributed by atoms with Crippen molar-refractivity contribution in [2.45, 2.75) is 32.4 Å². The maximum Gasteiger partial charge on any atom is 0.106 e. The number of anilines is 1. The summed E-state index contributed by atoms with van der Waals surface area (Å²) >= 11 is 12.0. The molecule has 1 fully saturated rings. The standard InChI is InChI=1S/C12H16Cl2N2O/c1-7(2)16-4-3-11(17-16)8-5-9(13)12(15)10(14)6-8/h5-7,11H,3-4,15H2,1-2H3. The van der Waals surface area contributed by atoms with Crippen LogP contribution in [0.1, 0.15) is 31.9 Å². The highest BCUT2D eigenvalue weighted by atomic mass is 35.5. The van der Waals surface area contributed by atoms with Crippen LogP contribution in [0.25, 0.3) is 0 Å². The first-order chi connectivity index (χ1) is 7.99. The Balaban J connectivity index is 2.19. The fourth-order valence-electron chi connectivity index (χ4n) is 1.91. The molecule has 1 aromatic rings. The van der Waals surface area contributed by atoms with Crippen molar-refractivity contribution in [3.63, 3.8) is 0 Å². The van der Waals surface area contributed by atoms with E-state index in [2.05, 4.69) is 13.8 Å². The molecule has 2 N–H and O–H groups in total. The Morgan fingerprint density at radius 1 is 1.35 bits per heavy atom. The van der Waals surface area contributed by atoms with E-state index in [-0.39, 0.29) is 6.10 Å². The highest BCUT2D eigenvalue weighted by Crippen LogP contribution is 2.36. The van der Waals surface area contributed by atoms with Crippen LogP contribution >= 0.6 is 23.2 Å². The van der Waals surface area contributed by atoms with Gasteiger partial charge in [-0.1, -0.05) is 23.2 Å². The van der Waals surface area contributed by atoms with Crippen molar-refractivity contribution in [1.82, 2.24) is 5.06 Å². The zero-order valence-corrected chi connectivity index (χ0v) is 11.4. The van der Waals surface area contributed by atoms with Gasteiger partial charge in [0, 0.05) is 12.6 Å². The summed E-state index contributed by atoms with van der Waals surface area (Å²) in [5.41, 5.74) is 7.12. The van der Waals surface area contributed by atoms with Gasteiger partial charge in [-0.05, 0) is 38.0 Å². The van der Waals surface area contributed by atoms with E-state index in [9.17, 15) is 0 Å². The Hall–Kier alpha value is -0.480. The molecule has 1 heterocycles. The predicted octanol–water partition coefficient (Wildman–Crippen LogP) is 3.66. The maximum absolute atomic E-state index is 6.02. The molecule has 1 unspecified atom stereocenters. The van der Waals surface area contributed by atoms with Crippen LogP contribution in [0.5, 0.6) is 0 Å². The second kappa shape index (κ2) is 5.02. The minimum atomic E-state index is 0.0213. The van der Waals surface area contributed by atoms with Gasteiger partial charge in [-0.2, -0.15) is 5.06 Å². The molecule has 0 spiro atoms. The van der Waals surface area contributed by atoms with Crippen LogP contribution in [0.2, 0.25) is 10.0 Å². The molecule has 3 nitrogen and oxygen atoms in total. The average molecular weight is 275 g/mol. The number of hydrogen-bond acceptors (Lipinski definition) is 3. The largest absolute Gasteiger partial charge is 0.396 e. The summed E-state index contributed by atoms with van der Waals surface area (Å²) in [7, 11) is 0. The third-order valence-corrected chi connectivity index (χ3v) is 3.55. The molecule has 1 saturated heterocycles. The lowest BCUT2D eigenvalue weighted by atomic mass is 10.1. The van der Waals surface area contributed by atoms with Crippen molar-refractivity contribution in [2.24, 2.45) is 0 Å². The Labute approximate surface area is 111 Å². The van der Waals surface area contributed by atoms with E-state index in [1.165, 1.54) is 0 Å². The fraction of sp³-hybridized carbons (Fsp3) is 0.500. The molecule has 1 aliphatic heterocycles. The van der Waals surface area contributed by atoms with Gasteiger partial charge >= 0.3 is 0 Å². The number of nitrogen functional groups attached to an aromatic ring is 1. The van der Waals surface area contributed by atoms with Crippen molar-refractivity contribution in [2.75, 3.05) is 12.3 Å². The minimum absolute atomic E-state index is 0.0213. The van der Waals surface area contributed by atoms with E-state index in [0.29, 0.717) is 21.8 Å². The quantitative estimate of drug-likeness (QED) is 0.837. The third kappa shape index (κ3) is 2.68. The Morgan fingerprint density at radius 2 is 1.94 bits per heavy atom. The first-order valence-corrected chi connectivity index (χ1v) is 6.42. The van der Waals surface area contributed by atoms with Gasteiger partial charge in [0.25, 0.3) is 0 Å². The van der Waals surface area contributed by atoms with E-state index < -0.39 is 0 Å². The number of rotatable bonds is 2. The summed E-state index contributed by atoms with van der Waals surface area (Å²) in [6.07, 6.45) is 0.961. The van der Waals surface area contributed by atoms with Gasteiger partial charge in [0.15, 0.2) is 0 Å². The molecule has 0 radical (unpaired) electrons. The highest BCUT2D eigenvalue weighted by Gasteiger charge is 2.27. The smallest absolute Gasteiger partial charge is 0.106 e. The van der Waals surface area contributed by atoms with Crippen molar-refractivity contribution in [3.05, 3.63) is 27.7 Å². The molecular weight excluding hydrogens is 259 g/mol. The van der Waals surface area contributed by atoms with Crippen molar-refractivity contribution in [1.29, 1.82) is 0 Å². The fourth-order valence-corrected chi connectivity index (χ4v) is 2.41. The van der Waals surface area contributed by atoms with Gasteiger partial charge in [0.1, 0.15) is 6.10 Å². The molecule has 1 aliphatic rings. The van der Waals surface area contributed by atoms with Gasteiger partial charge in [0.05, 0.1) is 15.7 Å². The lowest BCUT2D eigenvalue weighted by Crippen LogP contribution is -2.26. The Bertz CT molecular complexity index is 400. The number of nitrogens with two attached hydrogens (primary N) is 1. The predicted molar refractivity (Wildman–Crippen MR) is 71.2 cm³/mol. The molecular formula is C12H16Cl2N2O. The monoisotopic (exact) mass is 274 g/mol. The molecule has 5 heteroatoms. The summed E-state index contributed by atoms with van der Waals surface area (Å²) in [6, 6.07) is 4.04. The van der Waals surface area contributed by atoms with Gasteiger partial charge in [-0.3, -0.25) is 4.84 Å². The van der Waals surface area contributed by atoms with E-state index >= 15 is 0 Å². The maximum atomic E-state index is 6.02. The third-order valence-electron chi connectivity index (χ3n) is 2.92. The topological polar surface area (TPSA) is 38.5 Å². The SMILES string of the molecule is CC(C)N1CCC(c2cc(Cl)c(N)c(Cl)c2)O1. The van der Waals surface area contributed by atoms with Crippen LogP contribution in [0, 0.1) is 0 Å². The molecule has 0 amide bonds. The molecule has 1 aromatic carbocycles. The Morgan fingerprint density at radius 3 is 2.41 bits per heavy atom. The van der Waals surface area contributed by atoms with Gasteiger partial charge in [-0.15, -0.1) is 0 Å². The normalized spacial score (nSPS) is 21.4. The molecule has 0 bridgehead atoms. The number of hydrogen-bond donors (Lipinski definition) is 1. The summed E-state index contributed by atoms with van der Waals surface area (Å²) in [5.74, 6) is 0. The molecule has 0 aromatic heterocycles. The van der Waals surface area contributed by atoms with Crippen LogP contribution in [0.15, 0.2) is 12.1 Å². The van der Waals surface area contributed by atoms with E-state index in [1.807, 2.05) is 17.2 Å². The van der Waals surface area contributed by atoms with Gasteiger partial charge in [0.2, 0.25) is 0 Å². The van der Waals surface area contributed by atoms with E-state index in [0.717, 1.165) is 18.5 Å². The second-order valence-corrected chi connectivity index (χ2v) is 5.33. The zero-order valence-electron chi connectivity index (χ0n) is 9.91. The van der Waals surface area contributed by atoms with Crippen molar-refractivity contribution in [3.8, 4) is 0 Å². The van der Waals surface area contributed by atoms with Crippen LogP contribution < -0.4 is 5.73 Å². The average Bonchev–Trinajstić information content (AvgIpc) is 2.74. The summed E-state index contributed by atoms with van der Waals surface area (Å²) < 4.78 is 0. The summed E-state index contributed by atoms with van der Waals surface area (Å²) in [6.45, 7) is 5.12. The molecule has 0 aliphatic carbocycles. The van der Waals surface area contributed by atoms with Gasteiger partial charge in [-0.25, -0.2) is 0 Å². The van der Waals surface area contributed by atoms with E-state index in [4.69, 9.17) is 33.8 Å². The lowest BCUT2D eigenvalue weighted by molar-refractivity contribution is -0.166. The number of hydroxylamine groups is 2. The second-order valence-electron chi connectivity index (χ2n) is 4.52. The van der Waals surface area contributed by atoms with Crippen LogP contribution in [0.4, 0.5) is 5.69 Å². The number of nitrogens with zero attached hydrogens (tertiary/aromatic N) is 1. The van der Waals surface area contributed by atoms with Crippen LogP contribution in [-0.2, 0) is 4.84 Å². The summed E-state index contributed by atoms with van der Waals surface area (Å²) in [5, 5.41) is 2.95. The molecule has 2 rings (SSSR count). The van der Waals surface area contributed by atoms with Gasteiger partial charge < -0.3 is 5.73 Å². The molecule has 17 heavy (non-hydrogen) atoms. The van der Waals surface area contributed by atoms with Crippen molar-refractivity contribution < 1.29 is 4.84 Å². The van der Waals surface area contributed by atoms with Crippen molar-refractivity contribution >= 4 is 28.9 Å². The zero-order chi connectivity index (χ0) is 12.6.